The Balaban J connectivity index is 2.44. The summed E-state index contributed by atoms with van der Waals surface area (Å²) in [6, 6.07) is -0.0471. The lowest BCUT2D eigenvalue weighted by Gasteiger charge is -2.21. The minimum atomic E-state index is -0.309. The van der Waals surface area contributed by atoms with Crippen molar-refractivity contribution in [1.82, 2.24) is 10.2 Å². The summed E-state index contributed by atoms with van der Waals surface area (Å²) >= 11 is 0. The maximum atomic E-state index is 12.1. The first-order chi connectivity index (χ1) is 8.47. The maximum Gasteiger partial charge on any atom is 0.247 e. The predicted molar refractivity (Wildman–Crippen MR) is 72.1 cm³/mol. The van der Waals surface area contributed by atoms with Crippen LogP contribution in [-0.2, 0) is 9.59 Å². The van der Waals surface area contributed by atoms with E-state index in [4.69, 9.17) is 0 Å². The Morgan fingerprint density at radius 3 is 2.44 bits per heavy atom. The maximum absolute atomic E-state index is 12.1. The van der Waals surface area contributed by atoms with Gasteiger partial charge in [-0.15, -0.1) is 0 Å². The van der Waals surface area contributed by atoms with Crippen molar-refractivity contribution in [1.29, 1.82) is 0 Å². The van der Waals surface area contributed by atoms with Crippen molar-refractivity contribution in [2.45, 2.75) is 77.9 Å². The molecule has 1 aliphatic heterocycles. The first-order valence-electron chi connectivity index (χ1n) is 7.09. The van der Waals surface area contributed by atoms with E-state index in [0.29, 0.717) is 12.5 Å². The Kier molecular flexibility index (Phi) is 5.79. The molecule has 0 aromatic heterocycles. The molecule has 1 saturated heterocycles. The molecule has 0 aliphatic carbocycles. The summed E-state index contributed by atoms with van der Waals surface area (Å²) in [6.45, 7) is 8.02. The highest BCUT2D eigenvalue weighted by Gasteiger charge is 2.40. The molecule has 1 heterocycles. The first kappa shape index (κ1) is 15.2. The summed E-state index contributed by atoms with van der Waals surface area (Å²) in [7, 11) is 0. The van der Waals surface area contributed by atoms with Crippen molar-refractivity contribution in [3.8, 4) is 0 Å². The van der Waals surface area contributed by atoms with Crippen LogP contribution in [0.25, 0.3) is 0 Å². The van der Waals surface area contributed by atoms with Crippen LogP contribution in [0.15, 0.2) is 0 Å². The van der Waals surface area contributed by atoms with Gasteiger partial charge in [0.25, 0.3) is 0 Å². The van der Waals surface area contributed by atoms with Gasteiger partial charge in [-0.2, -0.15) is 0 Å². The third-order valence-electron chi connectivity index (χ3n) is 3.43. The Morgan fingerprint density at radius 2 is 1.94 bits per heavy atom. The van der Waals surface area contributed by atoms with Crippen LogP contribution in [0.5, 0.6) is 0 Å². The molecule has 104 valence electrons. The number of unbranched alkanes of at least 4 members (excludes halogenated alkanes) is 2. The second-order valence-electron chi connectivity index (χ2n) is 5.52. The van der Waals surface area contributed by atoms with E-state index in [1.807, 2.05) is 13.8 Å². The molecule has 0 radical (unpaired) electrons. The van der Waals surface area contributed by atoms with E-state index in [0.717, 1.165) is 6.42 Å². The van der Waals surface area contributed by atoms with Gasteiger partial charge in [0.1, 0.15) is 0 Å². The molecule has 0 aromatic rings. The molecule has 2 unspecified atom stereocenters. The lowest BCUT2D eigenvalue weighted by atomic mass is 10.1. The summed E-state index contributed by atoms with van der Waals surface area (Å²) in [5.74, 6) is -0.106. The summed E-state index contributed by atoms with van der Waals surface area (Å²) < 4.78 is 0. The first-order valence-corrected chi connectivity index (χ1v) is 7.09. The molecule has 18 heavy (non-hydrogen) atoms. The van der Waals surface area contributed by atoms with Crippen LogP contribution in [0.3, 0.4) is 0 Å². The monoisotopic (exact) mass is 254 g/mol. The summed E-state index contributed by atoms with van der Waals surface area (Å²) in [4.78, 5) is 25.2. The predicted octanol–water partition coefficient (Wildman–Crippen LogP) is 2.08. The van der Waals surface area contributed by atoms with Gasteiger partial charge < -0.3 is 5.32 Å². The fraction of sp³-hybridized carbons (Fsp3) is 0.857. The molecule has 1 aliphatic rings. The fourth-order valence-corrected chi connectivity index (χ4v) is 2.45. The van der Waals surface area contributed by atoms with Gasteiger partial charge in [-0.3, -0.25) is 14.5 Å². The zero-order chi connectivity index (χ0) is 13.7. The highest BCUT2D eigenvalue weighted by molar-refractivity contribution is 6.05. The Hall–Kier alpha value is -0.900. The molecule has 4 heteroatoms. The number of imide groups is 1. The summed E-state index contributed by atoms with van der Waals surface area (Å²) in [5, 5.41) is 3.29. The van der Waals surface area contributed by atoms with E-state index < -0.39 is 0 Å². The zero-order valence-electron chi connectivity index (χ0n) is 12.0. The number of carbonyl (C=O) groups is 2. The second kappa shape index (κ2) is 6.88. The number of carbonyl (C=O) groups excluding carboxylic acids is 2. The minimum absolute atomic E-state index is 0.0350. The van der Waals surface area contributed by atoms with Crippen LogP contribution in [0.4, 0.5) is 0 Å². The molecular formula is C14H26N2O2. The van der Waals surface area contributed by atoms with Crippen LogP contribution >= 0.6 is 0 Å². The van der Waals surface area contributed by atoms with Crippen molar-refractivity contribution in [3.05, 3.63) is 0 Å². The highest BCUT2D eigenvalue weighted by Crippen LogP contribution is 2.17. The average molecular weight is 254 g/mol. The van der Waals surface area contributed by atoms with Gasteiger partial charge >= 0.3 is 0 Å². The van der Waals surface area contributed by atoms with E-state index in [1.54, 1.807) is 0 Å². The molecule has 1 fully saturated rings. The van der Waals surface area contributed by atoms with Crippen molar-refractivity contribution < 1.29 is 9.59 Å². The van der Waals surface area contributed by atoms with Gasteiger partial charge in [-0.1, -0.05) is 26.2 Å². The van der Waals surface area contributed by atoms with Gasteiger partial charge in [0.2, 0.25) is 11.8 Å². The molecular weight excluding hydrogens is 228 g/mol. The lowest BCUT2D eigenvalue weighted by molar-refractivity contribution is -0.140. The Bertz CT molecular complexity index is 302. The average Bonchev–Trinajstić information content (AvgIpc) is 2.54. The number of nitrogens with zero attached hydrogens (tertiary/aromatic N) is 1. The van der Waals surface area contributed by atoms with E-state index in [1.165, 1.54) is 24.2 Å². The number of likely N-dealkylation sites (tertiary alicyclic amines) is 1. The number of rotatable bonds is 7. The summed E-state index contributed by atoms with van der Waals surface area (Å²) in [5.41, 5.74) is 0. The third-order valence-corrected chi connectivity index (χ3v) is 3.43. The third kappa shape index (κ3) is 3.80. The van der Waals surface area contributed by atoms with Crippen LogP contribution in [0, 0.1) is 0 Å². The van der Waals surface area contributed by atoms with Gasteiger partial charge in [-0.25, -0.2) is 0 Å². The molecule has 0 saturated carbocycles. The van der Waals surface area contributed by atoms with Crippen molar-refractivity contribution in [2.24, 2.45) is 0 Å². The van der Waals surface area contributed by atoms with Gasteiger partial charge in [0, 0.05) is 12.1 Å². The molecule has 0 aromatic carbocycles. The molecule has 2 amide bonds. The van der Waals surface area contributed by atoms with Crippen molar-refractivity contribution >= 4 is 11.8 Å². The van der Waals surface area contributed by atoms with Gasteiger partial charge in [0.15, 0.2) is 0 Å². The Labute approximate surface area is 110 Å². The van der Waals surface area contributed by atoms with Crippen LogP contribution in [0.1, 0.15) is 59.8 Å². The molecule has 4 nitrogen and oxygen atoms in total. The Morgan fingerprint density at radius 1 is 1.28 bits per heavy atom. The van der Waals surface area contributed by atoms with E-state index in [2.05, 4.69) is 19.2 Å². The van der Waals surface area contributed by atoms with Crippen molar-refractivity contribution in [3.63, 3.8) is 0 Å². The highest BCUT2D eigenvalue weighted by atomic mass is 16.2. The number of hydrogen-bond donors (Lipinski definition) is 1. The largest absolute Gasteiger partial charge is 0.303 e. The molecule has 2 atom stereocenters. The quantitative estimate of drug-likeness (QED) is 0.559. The molecule has 1 rings (SSSR count). The standard InChI is InChI=1S/C14H26N2O2/c1-5-6-7-8-11(4)15-12-9-13(17)16(10(2)3)14(12)18/h10-12,15H,5-9H2,1-4H3. The van der Waals surface area contributed by atoms with Gasteiger partial charge in [0.05, 0.1) is 12.5 Å². The summed E-state index contributed by atoms with van der Waals surface area (Å²) in [6.07, 6.45) is 4.98. The van der Waals surface area contributed by atoms with E-state index in [-0.39, 0.29) is 23.9 Å². The van der Waals surface area contributed by atoms with E-state index >= 15 is 0 Å². The fourth-order valence-electron chi connectivity index (χ4n) is 2.45. The number of nitrogens with one attached hydrogen (secondary N) is 1. The smallest absolute Gasteiger partial charge is 0.247 e. The van der Waals surface area contributed by atoms with Crippen LogP contribution < -0.4 is 5.32 Å². The van der Waals surface area contributed by atoms with Crippen LogP contribution in [0.2, 0.25) is 0 Å². The van der Waals surface area contributed by atoms with Gasteiger partial charge in [-0.05, 0) is 27.2 Å². The second-order valence-corrected chi connectivity index (χ2v) is 5.52. The SMILES string of the molecule is CCCCCC(C)NC1CC(=O)N(C(C)C)C1=O. The topological polar surface area (TPSA) is 49.4 Å². The number of hydrogen-bond acceptors (Lipinski definition) is 3. The lowest BCUT2D eigenvalue weighted by Crippen LogP contribution is -2.44. The minimum Gasteiger partial charge on any atom is -0.303 e. The van der Waals surface area contributed by atoms with Crippen molar-refractivity contribution in [2.75, 3.05) is 0 Å². The zero-order valence-corrected chi connectivity index (χ0v) is 12.0. The molecule has 1 N–H and O–H groups in total. The molecule has 0 bridgehead atoms. The molecule has 0 spiro atoms. The van der Waals surface area contributed by atoms with Crippen LogP contribution in [-0.4, -0.2) is 34.8 Å². The van der Waals surface area contributed by atoms with E-state index in [9.17, 15) is 9.59 Å². The normalized spacial score (nSPS) is 22.1. The number of amides is 2.